The number of amides is 1. The zero-order valence-corrected chi connectivity index (χ0v) is 14.5. The average Bonchev–Trinajstić information content (AvgIpc) is 3.18. The summed E-state index contributed by atoms with van der Waals surface area (Å²) in [5.74, 6) is 0.426. The summed E-state index contributed by atoms with van der Waals surface area (Å²) >= 11 is 0. The van der Waals surface area contributed by atoms with Crippen LogP contribution in [0.2, 0.25) is 0 Å². The maximum atomic E-state index is 12.2. The average molecular weight is 316 g/mol. The van der Waals surface area contributed by atoms with Gasteiger partial charge in [-0.2, -0.15) is 0 Å². The molecule has 2 saturated heterocycles. The van der Waals surface area contributed by atoms with Crippen LogP contribution in [0, 0.1) is 0 Å². The van der Waals surface area contributed by atoms with E-state index in [4.69, 9.17) is 4.74 Å². The molecular weight excluding hydrogens is 288 g/mol. The number of likely N-dealkylation sites (tertiary alicyclic amines) is 1. The Bertz CT molecular complexity index is 541. The first-order chi connectivity index (χ1) is 10.9. The molecule has 0 N–H and O–H groups in total. The van der Waals surface area contributed by atoms with E-state index in [1.807, 2.05) is 25.7 Å². The van der Waals surface area contributed by atoms with E-state index in [-0.39, 0.29) is 6.09 Å². The summed E-state index contributed by atoms with van der Waals surface area (Å²) in [5.41, 5.74) is 2.24. The van der Waals surface area contributed by atoms with Crippen molar-refractivity contribution >= 4 is 11.8 Å². The highest BCUT2D eigenvalue weighted by Gasteiger charge is 2.30. The fourth-order valence-electron chi connectivity index (χ4n) is 3.46. The van der Waals surface area contributed by atoms with Crippen molar-refractivity contribution in [1.29, 1.82) is 0 Å². The van der Waals surface area contributed by atoms with E-state index < -0.39 is 5.60 Å². The molecule has 2 heterocycles. The number of rotatable bonds is 2. The van der Waals surface area contributed by atoms with Crippen LogP contribution in [0.4, 0.5) is 10.5 Å². The van der Waals surface area contributed by atoms with Crippen LogP contribution in [0.25, 0.3) is 0 Å². The molecule has 0 aromatic heterocycles. The van der Waals surface area contributed by atoms with Crippen molar-refractivity contribution < 1.29 is 9.53 Å². The third-order valence-corrected chi connectivity index (χ3v) is 4.68. The van der Waals surface area contributed by atoms with Crippen molar-refractivity contribution in [2.75, 3.05) is 31.1 Å². The van der Waals surface area contributed by atoms with Gasteiger partial charge >= 0.3 is 6.09 Å². The number of anilines is 1. The van der Waals surface area contributed by atoms with Crippen LogP contribution >= 0.6 is 0 Å². The Labute approximate surface area is 139 Å². The molecule has 4 heteroatoms. The zero-order chi connectivity index (χ0) is 16.4. The minimum atomic E-state index is -0.424. The molecule has 1 aromatic rings. The van der Waals surface area contributed by atoms with Gasteiger partial charge in [-0.3, -0.25) is 0 Å². The van der Waals surface area contributed by atoms with Gasteiger partial charge in [0.25, 0.3) is 0 Å². The molecule has 1 amide bonds. The van der Waals surface area contributed by atoms with Gasteiger partial charge in [-0.25, -0.2) is 4.79 Å². The van der Waals surface area contributed by atoms with Gasteiger partial charge in [-0.1, -0.05) is 12.1 Å². The second-order valence-corrected chi connectivity index (χ2v) is 7.70. The molecule has 0 bridgehead atoms. The maximum absolute atomic E-state index is 12.2. The van der Waals surface area contributed by atoms with Crippen LogP contribution in [0.5, 0.6) is 0 Å². The van der Waals surface area contributed by atoms with Gasteiger partial charge < -0.3 is 14.5 Å². The summed E-state index contributed by atoms with van der Waals surface area (Å²) in [4.78, 5) is 16.5. The highest BCUT2D eigenvalue weighted by atomic mass is 16.6. The summed E-state index contributed by atoms with van der Waals surface area (Å²) < 4.78 is 5.47. The van der Waals surface area contributed by atoms with E-state index in [2.05, 4.69) is 29.2 Å². The highest BCUT2D eigenvalue weighted by molar-refractivity contribution is 5.68. The Balaban J connectivity index is 1.59. The van der Waals surface area contributed by atoms with E-state index in [0.29, 0.717) is 5.92 Å². The maximum Gasteiger partial charge on any atom is 0.410 e. The van der Waals surface area contributed by atoms with Crippen molar-refractivity contribution in [2.45, 2.75) is 51.6 Å². The van der Waals surface area contributed by atoms with Crippen molar-refractivity contribution in [3.05, 3.63) is 29.8 Å². The second-order valence-electron chi connectivity index (χ2n) is 7.70. The van der Waals surface area contributed by atoms with Crippen molar-refractivity contribution in [2.24, 2.45) is 0 Å². The van der Waals surface area contributed by atoms with Crippen LogP contribution in [-0.4, -0.2) is 42.8 Å². The van der Waals surface area contributed by atoms with Crippen LogP contribution in [0.15, 0.2) is 24.3 Å². The molecule has 1 aromatic carbocycles. The van der Waals surface area contributed by atoms with E-state index in [1.165, 1.54) is 37.2 Å². The Morgan fingerprint density at radius 1 is 1.09 bits per heavy atom. The van der Waals surface area contributed by atoms with Crippen molar-refractivity contribution in [1.82, 2.24) is 4.90 Å². The normalized spacial score (nSPS) is 21.8. The third kappa shape index (κ3) is 3.98. The zero-order valence-electron chi connectivity index (χ0n) is 14.5. The molecule has 2 aliphatic heterocycles. The number of hydrogen-bond donors (Lipinski definition) is 0. The molecule has 0 aliphatic carbocycles. The Morgan fingerprint density at radius 3 is 2.35 bits per heavy atom. The number of hydrogen-bond acceptors (Lipinski definition) is 3. The topological polar surface area (TPSA) is 32.8 Å². The van der Waals surface area contributed by atoms with Gasteiger partial charge in [0.1, 0.15) is 5.60 Å². The lowest BCUT2D eigenvalue weighted by molar-refractivity contribution is 0.0292. The quantitative estimate of drug-likeness (QED) is 0.826. The van der Waals surface area contributed by atoms with E-state index in [9.17, 15) is 4.79 Å². The Hall–Kier alpha value is -1.71. The van der Waals surface area contributed by atoms with Gasteiger partial charge in [0.05, 0.1) is 0 Å². The fourth-order valence-corrected chi connectivity index (χ4v) is 3.46. The summed E-state index contributed by atoms with van der Waals surface area (Å²) in [6, 6.07) is 8.93. The largest absolute Gasteiger partial charge is 0.444 e. The molecule has 126 valence electrons. The van der Waals surface area contributed by atoms with Crippen molar-refractivity contribution in [3.63, 3.8) is 0 Å². The number of benzene rings is 1. The van der Waals surface area contributed by atoms with Gasteiger partial charge in [0.15, 0.2) is 0 Å². The molecule has 0 saturated carbocycles. The number of ether oxygens (including phenoxy) is 1. The number of carbonyl (C=O) groups is 1. The van der Waals surface area contributed by atoms with E-state index >= 15 is 0 Å². The minimum Gasteiger partial charge on any atom is -0.444 e. The molecule has 0 radical (unpaired) electrons. The van der Waals surface area contributed by atoms with Gasteiger partial charge in [-0.05, 0) is 57.7 Å². The lowest BCUT2D eigenvalue weighted by Crippen LogP contribution is -2.35. The molecule has 23 heavy (non-hydrogen) atoms. The molecule has 4 nitrogen and oxygen atoms in total. The molecule has 2 aliphatic rings. The predicted octanol–water partition coefficient (Wildman–Crippen LogP) is 4.01. The standard InChI is InChI=1S/C19H28N2O2/c1-19(2,3)23-18(22)21-13-10-16(14-21)15-6-8-17(9-7-15)20-11-4-5-12-20/h6-9,16H,4-5,10-14H2,1-3H3/t16-/m0/s1. The number of nitrogens with zero attached hydrogens (tertiary/aromatic N) is 2. The van der Waals surface area contributed by atoms with Crippen LogP contribution in [-0.2, 0) is 4.74 Å². The lowest BCUT2D eigenvalue weighted by Gasteiger charge is -2.24. The Kier molecular flexibility index (Phi) is 4.51. The van der Waals surface area contributed by atoms with Gasteiger partial charge in [0, 0.05) is 37.8 Å². The van der Waals surface area contributed by atoms with Gasteiger partial charge in [0.2, 0.25) is 0 Å². The highest BCUT2D eigenvalue weighted by Crippen LogP contribution is 2.30. The summed E-state index contributed by atoms with van der Waals surface area (Å²) in [5, 5.41) is 0. The van der Waals surface area contributed by atoms with E-state index in [0.717, 1.165) is 19.5 Å². The van der Waals surface area contributed by atoms with Crippen LogP contribution in [0.3, 0.4) is 0 Å². The minimum absolute atomic E-state index is 0.186. The molecule has 3 rings (SSSR count). The number of carbonyl (C=O) groups excluding carboxylic acids is 1. The SMILES string of the molecule is CC(C)(C)OC(=O)N1CC[C@H](c2ccc(N3CCCC3)cc2)C1. The first kappa shape index (κ1) is 16.2. The first-order valence-electron chi connectivity index (χ1n) is 8.75. The molecule has 1 atom stereocenters. The van der Waals surface area contributed by atoms with Gasteiger partial charge in [-0.15, -0.1) is 0 Å². The first-order valence-corrected chi connectivity index (χ1v) is 8.75. The summed E-state index contributed by atoms with van der Waals surface area (Å²) in [6.07, 6.45) is 3.43. The summed E-state index contributed by atoms with van der Waals surface area (Å²) in [6.45, 7) is 9.64. The van der Waals surface area contributed by atoms with Crippen LogP contribution < -0.4 is 4.90 Å². The summed E-state index contributed by atoms with van der Waals surface area (Å²) in [7, 11) is 0. The molecule has 0 spiro atoms. The molecule has 2 fully saturated rings. The molecular formula is C19H28N2O2. The van der Waals surface area contributed by atoms with Crippen molar-refractivity contribution in [3.8, 4) is 0 Å². The predicted molar refractivity (Wildman–Crippen MR) is 93.1 cm³/mol. The van der Waals surface area contributed by atoms with E-state index in [1.54, 1.807) is 0 Å². The smallest absolute Gasteiger partial charge is 0.410 e. The monoisotopic (exact) mass is 316 g/mol. The second kappa shape index (κ2) is 6.42. The third-order valence-electron chi connectivity index (χ3n) is 4.68. The van der Waals surface area contributed by atoms with Crippen LogP contribution in [0.1, 0.15) is 51.5 Å². The molecule has 0 unspecified atom stereocenters. The lowest BCUT2D eigenvalue weighted by atomic mass is 9.98. The fraction of sp³-hybridized carbons (Fsp3) is 0.632. The Morgan fingerprint density at radius 2 is 1.74 bits per heavy atom.